The first-order valence-electron chi connectivity index (χ1n) is 8.36. The van der Waals surface area contributed by atoms with Gasteiger partial charge in [-0.25, -0.2) is 0 Å². The van der Waals surface area contributed by atoms with Crippen LogP contribution in [0.4, 0.5) is 11.4 Å². The van der Waals surface area contributed by atoms with Gasteiger partial charge in [-0.05, 0) is 30.7 Å². The summed E-state index contributed by atoms with van der Waals surface area (Å²) in [5, 5.41) is 9.95. The maximum Gasteiger partial charge on any atom is 0.243 e. The third-order valence-corrected chi connectivity index (χ3v) is 4.46. The van der Waals surface area contributed by atoms with Crippen LogP contribution in [0.3, 0.4) is 0 Å². The first-order valence-corrected chi connectivity index (χ1v) is 8.74. The van der Waals surface area contributed by atoms with Gasteiger partial charge < -0.3 is 20.7 Å². The molecule has 26 heavy (non-hydrogen) atoms. The number of hydrogen-bond donors (Lipinski definition) is 3. The molecule has 1 heterocycles. The smallest absolute Gasteiger partial charge is 0.243 e. The van der Waals surface area contributed by atoms with Crippen molar-refractivity contribution in [1.29, 1.82) is 0 Å². The third-order valence-electron chi connectivity index (χ3n) is 4.15. The molecule has 0 spiro atoms. The molecule has 0 saturated carbocycles. The number of carbonyl (C=O) groups excluding carboxylic acids is 1. The Balaban J connectivity index is 0.00000243. The molecule has 3 rings (SSSR count). The van der Waals surface area contributed by atoms with Crippen LogP contribution in [0.15, 0.2) is 48.5 Å². The number of carbonyl (C=O) groups is 1. The first-order chi connectivity index (χ1) is 12.1. The van der Waals surface area contributed by atoms with Crippen molar-refractivity contribution in [3.63, 3.8) is 0 Å². The Morgan fingerprint density at radius 2 is 2.04 bits per heavy atom. The summed E-state index contributed by atoms with van der Waals surface area (Å²) >= 11 is 6.38. The van der Waals surface area contributed by atoms with Crippen LogP contribution < -0.4 is 16.0 Å². The number of benzene rings is 2. The van der Waals surface area contributed by atoms with E-state index in [0.717, 1.165) is 5.69 Å². The molecule has 0 aromatic heterocycles. The number of nitrogens with one attached hydrogen (secondary N) is 3. The van der Waals surface area contributed by atoms with E-state index in [0.29, 0.717) is 30.5 Å². The third kappa shape index (κ3) is 5.35. The maximum atomic E-state index is 12.2. The predicted molar refractivity (Wildman–Crippen MR) is 108 cm³/mol. The monoisotopic (exact) mass is 395 g/mol. The van der Waals surface area contributed by atoms with Crippen LogP contribution in [0.5, 0.6) is 0 Å². The highest BCUT2D eigenvalue weighted by Crippen LogP contribution is 2.29. The van der Waals surface area contributed by atoms with Crippen LogP contribution in [0.2, 0.25) is 5.02 Å². The van der Waals surface area contributed by atoms with Gasteiger partial charge in [-0.2, -0.15) is 0 Å². The molecule has 140 valence electrons. The number of amides is 1. The summed E-state index contributed by atoms with van der Waals surface area (Å²) in [5.41, 5.74) is 2.68. The zero-order valence-corrected chi connectivity index (χ0v) is 16.1. The van der Waals surface area contributed by atoms with Crippen LogP contribution in [0.25, 0.3) is 0 Å². The molecular weight excluding hydrogens is 373 g/mol. The topological polar surface area (TPSA) is 62.4 Å². The van der Waals surface area contributed by atoms with Gasteiger partial charge in [0, 0.05) is 18.3 Å². The van der Waals surface area contributed by atoms with Crippen LogP contribution in [0.1, 0.15) is 18.5 Å². The molecule has 2 unspecified atom stereocenters. The summed E-state index contributed by atoms with van der Waals surface area (Å²) < 4.78 is 5.31. The predicted octanol–water partition coefficient (Wildman–Crippen LogP) is 3.86. The van der Waals surface area contributed by atoms with Gasteiger partial charge in [0.2, 0.25) is 5.91 Å². The van der Waals surface area contributed by atoms with E-state index in [1.165, 1.54) is 5.56 Å². The lowest BCUT2D eigenvalue weighted by Crippen LogP contribution is -2.48. The molecule has 0 aliphatic carbocycles. The summed E-state index contributed by atoms with van der Waals surface area (Å²) in [6.45, 7) is 3.78. The quantitative estimate of drug-likeness (QED) is 0.718. The zero-order chi connectivity index (χ0) is 17.6. The van der Waals surface area contributed by atoms with Gasteiger partial charge in [0.1, 0.15) is 6.04 Å². The highest BCUT2D eigenvalue weighted by atomic mass is 35.5. The fourth-order valence-corrected chi connectivity index (χ4v) is 2.97. The Labute approximate surface area is 164 Å². The van der Waals surface area contributed by atoms with Crippen molar-refractivity contribution >= 4 is 41.3 Å². The van der Waals surface area contributed by atoms with E-state index in [-0.39, 0.29) is 30.4 Å². The Bertz CT molecular complexity index is 722. The summed E-state index contributed by atoms with van der Waals surface area (Å²) in [4.78, 5) is 12.2. The van der Waals surface area contributed by atoms with E-state index < -0.39 is 0 Å². The van der Waals surface area contributed by atoms with Gasteiger partial charge in [0.05, 0.1) is 23.9 Å². The fraction of sp³-hybridized carbons (Fsp3) is 0.316. The molecule has 1 aliphatic rings. The highest BCUT2D eigenvalue weighted by molar-refractivity contribution is 6.33. The largest absolute Gasteiger partial charge is 0.378 e. The standard InChI is InChI=1S/C19H22ClN3O2.ClH/c1-13(14-5-3-2-4-6-14)22-17-8-7-15(11-16(17)20)23-19(24)18-12-25-10-9-21-18;/h2-8,11,13,18,21-22H,9-10,12H2,1H3,(H,23,24);1H. The Morgan fingerprint density at radius 3 is 2.69 bits per heavy atom. The van der Waals surface area contributed by atoms with E-state index in [2.05, 4.69) is 35.0 Å². The van der Waals surface area contributed by atoms with Gasteiger partial charge in [-0.15, -0.1) is 12.4 Å². The molecule has 3 N–H and O–H groups in total. The Morgan fingerprint density at radius 1 is 1.27 bits per heavy atom. The second kappa shape index (κ2) is 9.78. The minimum atomic E-state index is -0.330. The molecule has 1 fully saturated rings. The molecule has 2 atom stereocenters. The van der Waals surface area contributed by atoms with Crippen molar-refractivity contribution in [3.8, 4) is 0 Å². The molecule has 0 bridgehead atoms. The lowest BCUT2D eigenvalue weighted by atomic mass is 10.1. The maximum absolute atomic E-state index is 12.2. The molecule has 1 saturated heterocycles. The van der Waals surface area contributed by atoms with E-state index in [1.54, 1.807) is 6.07 Å². The molecule has 2 aromatic rings. The van der Waals surface area contributed by atoms with Crippen molar-refractivity contribution < 1.29 is 9.53 Å². The molecule has 2 aromatic carbocycles. The highest BCUT2D eigenvalue weighted by Gasteiger charge is 2.21. The average molecular weight is 396 g/mol. The van der Waals surface area contributed by atoms with Gasteiger partial charge in [-0.1, -0.05) is 41.9 Å². The summed E-state index contributed by atoms with van der Waals surface area (Å²) in [7, 11) is 0. The van der Waals surface area contributed by atoms with Crippen molar-refractivity contribution in [2.45, 2.75) is 19.0 Å². The van der Waals surface area contributed by atoms with Crippen LogP contribution in [-0.2, 0) is 9.53 Å². The number of morpholine rings is 1. The molecule has 1 aliphatic heterocycles. The first kappa shape index (κ1) is 20.5. The summed E-state index contributed by atoms with van der Waals surface area (Å²) in [6, 6.07) is 15.4. The van der Waals surface area contributed by atoms with E-state index in [1.807, 2.05) is 30.3 Å². The Hall–Kier alpha value is -1.79. The number of hydrogen-bond acceptors (Lipinski definition) is 4. The van der Waals surface area contributed by atoms with Gasteiger partial charge in [0.15, 0.2) is 0 Å². The van der Waals surface area contributed by atoms with Crippen molar-refractivity contribution in [1.82, 2.24) is 5.32 Å². The van der Waals surface area contributed by atoms with E-state index in [9.17, 15) is 4.79 Å². The lowest BCUT2D eigenvalue weighted by molar-refractivity contribution is -0.120. The normalized spacial score (nSPS) is 17.7. The number of ether oxygens (including phenoxy) is 1. The van der Waals surface area contributed by atoms with Crippen molar-refractivity contribution in [2.75, 3.05) is 30.4 Å². The van der Waals surface area contributed by atoms with Crippen LogP contribution >= 0.6 is 24.0 Å². The average Bonchev–Trinajstić information content (AvgIpc) is 2.65. The number of halogens is 2. The van der Waals surface area contributed by atoms with Crippen molar-refractivity contribution in [2.24, 2.45) is 0 Å². The minimum absolute atomic E-state index is 0. The Kier molecular flexibility index (Phi) is 7.72. The fourth-order valence-electron chi connectivity index (χ4n) is 2.73. The summed E-state index contributed by atoms with van der Waals surface area (Å²) in [6.07, 6.45) is 0. The minimum Gasteiger partial charge on any atom is -0.378 e. The number of anilines is 2. The zero-order valence-electron chi connectivity index (χ0n) is 14.5. The molecule has 7 heteroatoms. The molecule has 5 nitrogen and oxygen atoms in total. The molecule has 1 amide bonds. The molecule has 0 radical (unpaired) electrons. The SMILES string of the molecule is CC(Nc1ccc(NC(=O)C2COCCN2)cc1Cl)c1ccccc1.Cl. The van der Waals surface area contributed by atoms with Gasteiger partial charge >= 0.3 is 0 Å². The van der Waals surface area contributed by atoms with Crippen LogP contribution in [0, 0.1) is 0 Å². The second-order valence-corrected chi connectivity index (χ2v) is 6.45. The van der Waals surface area contributed by atoms with Gasteiger partial charge in [0.25, 0.3) is 0 Å². The lowest BCUT2D eigenvalue weighted by Gasteiger charge is -2.23. The van der Waals surface area contributed by atoms with Gasteiger partial charge in [-0.3, -0.25) is 4.79 Å². The van der Waals surface area contributed by atoms with Crippen molar-refractivity contribution in [3.05, 3.63) is 59.1 Å². The second-order valence-electron chi connectivity index (χ2n) is 6.04. The van der Waals surface area contributed by atoms with E-state index >= 15 is 0 Å². The van der Waals surface area contributed by atoms with Crippen LogP contribution in [-0.4, -0.2) is 31.7 Å². The van der Waals surface area contributed by atoms with E-state index in [4.69, 9.17) is 16.3 Å². The molecular formula is C19H23Cl2N3O2. The summed E-state index contributed by atoms with van der Waals surface area (Å²) in [5.74, 6) is -0.117. The number of rotatable bonds is 5.